The van der Waals surface area contributed by atoms with Crippen molar-refractivity contribution in [1.82, 2.24) is 10.2 Å². The molecular formula is C22H19ClN4O2. The minimum atomic E-state index is -0.263. The van der Waals surface area contributed by atoms with E-state index in [2.05, 4.69) is 16.3 Å². The lowest BCUT2D eigenvalue weighted by molar-refractivity contribution is -0.118. The van der Waals surface area contributed by atoms with Gasteiger partial charge in [-0.2, -0.15) is 5.26 Å². The SMILES string of the molecule is N#COC1=C(C(=O)NCc2ccc(Cl)cc2)CN(Cc2cccc(C#N)c2)CC1. The van der Waals surface area contributed by atoms with Crippen molar-refractivity contribution in [2.45, 2.75) is 19.5 Å². The Morgan fingerprint density at radius 3 is 2.69 bits per heavy atom. The third kappa shape index (κ3) is 5.58. The van der Waals surface area contributed by atoms with Gasteiger partial charge in [0.1, 0.15) is 5.76 Å². The summed E-state index contributed by atoms with van der Waals surface area (Å²) < 4.78 is 5.06. The monoisotopic (exact) mass is 406 g/mol. The first-order chi connectivity index (χ1) is 14.1. The molecule has 7 heteroatoms. The lowest BCUT2D eigenvalue weighted by atomic mass is 10.0. The first kappa shape index (κ1) is 20.4. The minimum absolute atomic E-state index is 0.263. The molecule has 1 N–H and O–H groups in total. The van der Waals surface area contributed by atoms with Crippen molar-refractivity contribution in [2.24, 2.45) is 0 Å². The second kappa shape index (κ2) is 9.75. The van der Waals surface area contributed by atoms with E-state index in [1.54, 1.807) is 24.5 Å². The van der Waals surface area contributed by atoms with Crippen LogP contribution in [0, 0.1) is 22.8 Å². The van der Waals surface area contributed by atoms with Gasteiger partial charge in [0.15, 0.2) is 0 Å². The predicted octanol–water partition coefficient (Wildman–Crippen LogP) is 3.49. The summed E-state index contributed by atoms with van der Waals surface area (Å²) in [4.78, 5) is 14.9. The van der Waals surface area contributed by atoms with Gasteiger partial charge in [-0.3, -0.25) is 9.69 Å². The number of amides is 1. The summed E-state index contributed by atoms with van der Waals surface area (Å²) >= 11 is 5.89. The van der Waals surface area contributed by atoms with E-state index in [4.69, 9.17) is 26.9 Å². The second-order valence-electron chi connectivity index (χ2n) is 6.68. The summed E-state index contributed by atoms with van der Waals surface area (Å²) in [6.07, 6.45) is 2.14. The van der Waals surface area contributed by atoms with Gasteiger partial charge in [-0.05, 0) is 35.4 Å². The number of ether oxygens (including phenoxy) is 1. The Bertz CT molecular complexity index is 1000. The lowest BCUT2D eigenvalue weighted by Gasteiger charge is -2.29. The first-order valence-corrected chi connectivity index (χ1v) is 9.49. The van der Waals surface area contributed by atoms with Gasteiger partial charge in [-0.25, -0.2) is 0 Å². The van der Waals surface area contributed by atoms with Crippen molar-refractivity contribution in [3.8, 4) is 12.3 Å². The highest BCUT2D eigenvalue weighted by Crippen LogP contribution is 2.21. The molecule has 146 valence electrons. The Kier molecular flexibility index (Phi) is 6.86. The molecule has 0 fully saturated rings. The molecule has 0 radical (unpaired) electrons. The number of rotatable bonds is 6. The van der Waals surface area contributed by atoms with Crippen molar-refractivity contribution in [3.63, 3.8) is 0 Å². The Balaban J connectivity index is 1.69. The molecule has 0 bridgehead atoms. The number of hydrogen-bond acceptors (Lipinski definition) is 5. The van der Waals surface area contributed by atoms with Crippen LogP contribution in [0.3, 0.4) is 0 Å². The molecule has 2 aromatic carbocycles. The molecule has 0 spiro atoms. The Morgan fingerprint density at radius 2 is 1.97 bits per heavy atom. The molecule has 1 amide bonds. The highest BCUT2D eigenvalue weighted by Gasteiger charge is 2.25. The number of carbonyl (C=O) groups excluding carboxylic acids is 1. The number of nitrogens with zero attached hydrogens (tertiary/aromatic N) is 3. The fourth-order valence-electron chi connectivity index (χ4n) is 3.19. The molecule has 0 aliphatic carbocycles. The molecule has 29 heavy (non-hydrogen) atoms. The van der Waals surface area contributed by atoms with Crippen molar-refractivity contribution >= 4 is 17.5 Å². The molecule has 0 unspecified atom stereocenters. The van der Waals surface area contributed by atoms with Crippen LogP contribution in [0.1, 0.15) is 23.1 Å². The minimum Gasteiger partial charge on any atom is -0.392 e. The van der Waals surface area contributed by atoms with Gasteiger partial charge in [-0.15, -0.1) is 5.26 Å². The van der Waals surface area contributed by atoms with Crippen molar-refractivity contribution in [3.05, 3.63) is 81.6 Å². The van der Waals surface area contributed by atoms with E-state index in [-0.39, 0.29) is 5.91 Å². The molecule has 0 saturated carbocycles. The lowest BCUT2D eigenvalue weighted by Crippen LogP contribution is -2.38. The smallest absolute Gasteiger partial charge is 0.291 e. The third-order valence-corrected chi connectivity index (χ3v) is 4.90. The van der Waals surface area contributed by atoms with E-state index in [0.717, 1.165) is 11.1 Å². The van der Waals surface area contributed by atoms with Crippen LogP contribution in [0.15, 0.2) is 59.9 Å². The van der Waals surface area contributed by atoms with Gasteiger partial charge < -0.3 is 10.1 Å². The summed E-state index contributed by atoms with van der Waals surface area (Å²) in [6.45, 7) is 1.97. The number of carbonyl (C=O) groups is 1. The largest absolute Gasteiger partial charge is 0.392 e. The fraction of sp³-hybridized carbons (Fsp3) is 0.227. The molecule has 3 rings (SSSR count). The highest BCUT2D eigenvalue weighted by molar-refractivity contribution is 6.30. The molecule has 1 aliphatic heterocycles. The van der Waals surface area contributed by atoms with Crippen LogP contribution >= 0.6 is 11.6 Å². The number of hydrogen-bond donors (Lipinski definition) is 1. The van der Waals surface area contributed by atoms with Gasteiger partial charge in [0, 0.05) is 37.6 Å². The van der Waals surface area contributed by atoms with Crippen molar-refractivity contribution < 1.29 is 9.53 Å². The van der Waals surface area contributed by atoms with Gasteiger partial charge >= 0.3 is 0 Å². The Morgan fingerprint density at radius 1 is 1.17 bits per heavy atom. The standard InChI is InChI=1S/C22H19ClN4O2/c23-19-6-4-16(5-7-19)12-26-22(28)20-14-27(9-8-21(20)29-15-25)13-18-3-1-2-17(10-18)11-24/h1-7,10H,8-9,12-14H2,(H,26,28). The average Bonchev–Trinajstić information content (AvgIpc) is 2.74. The van der Waals surface area contributed by atoms with Crippen LogP contribution < -0.4 is 5.32 Å². The van der Waals surface area contributed by atoms with Gasteiger partial charge in [0.05, 0.1) is 17.2 Å². The summed E-state index contributed by atoms with van der Waals surface area (Å²) in [7, 11) is 0. The van der Waals surface area contributed by atoms with Crippen LogP contribution in [-0.2, 0) is 22.6 Å². The molecule has 1 aliphatic rings. The maximum absolute atomic E-state index is 12.8. The van der Waals surface area contributed by atoms with Crippen molar-refractivity contribution in [2.75, 3.05) is 13.1 Å². The number of nitrogens with one attached hydrogen (secondary N) is 1. The molecule has 0 atom stereocenters. The zero-order chi connectivity index (χ0) is 20.6. The zero-order valence-electron chi connectivity index (χ0n) is 15.7. The summed E-state index contributed by atoms with van der Waals surface area (Å²) in [6, 6.07) is 16.8. The Labute approximate surface area is 174 Å². The van der Waals surface area contributed by atoms with Crippen LogP contribution in [0.5, 0.6) is 0 Å². The summed E-state index contributed by atoms with van der Waals surface area (Å²) in [5.74, 6) is 0.142. The molecular weight excluding hydrogens is 388 g/mol. The number of halogens is 1. The third-order valence-electron chi connectivity index (χ3n) is 4.64. The van der Waals surface area contributed by atoms with Gasteiger partial charge in [-0.1, -0.05) is 35.9 Å². The highest BCUT2D eigenvalue weighted by atomic mass is 35.5. The maximum Gasteiger partial charge on any atom is 0.291 e. The fourth-order valence-corrected chi connectivity index (χ4v) is 3.32. The topological polar surface area (TPSA) is 89.2 Å². The second-order valence-corrected chi connectivity index (χ2v) is 7.11. The van der Waals surface area contributed by atoms with E-state index in [1.165, 1.54) is 0 Å². The molecule has 0 saturated heterocycles. The number of benzene rings is 2. The quantitative estimate of drug-likeness (QED) is 0.742. The van der Waals surface area contributed by atoms with Crippen LogP contribution in [-0.4, -0.2) is 23.9 Å². The van der Waals surface area contributed by atoms with E-state index in [0.29, 0.717) is 54.5 Å². The van der Waals surface area contributed by atoms with Crippen LogP contribution in [0.25, 0.3) is 0 Å². The van der Waals surface area contributed by atoms with Crippen LogP contribution in [0.4, 0.5) is 0 Å². The molecule has 6 nitrogen and oxygen atoms in total. The molecule has 0 aromatic heterocycles. The molecule has 2 aromatic rings. The summed E-state index contributed by atoms with van der Waals surface area (Å²) in [5.41, 5.74) is 2.97. The van der Waals surface area contributed by atoms with Gasteiger partial charge in [0.2, 0.25) is 0 Å². The van der Waals surface area contributed by atoms with E-state index >= 15 is 0 Å². The maximum atomic E-state index is 12.8. The zero-order valence-corrected chi connectivity index (χ0v) is 16.4. The van der Waals surface area contributed by atoms with E-state index in [1.807, 2.05) is 30.3 Å². The first-order valence-electron chi connectivity index (χ1n) is 9.11. The molecule has 1 heterocycles. The van der Waals surface area contributed by atoms with Gasteiger partial charge in [0.25, 0.3) is 12.2 Å². The average molecular weight is 407 g/mol. The van der Waals surface area contributed by atoms with E-state index in [9.17, 15) is 4.79 Å². The van der Waals surface area contributed by atoms with Crippen LogP contribution in [0.2, 0.25) is 5.02 Å². The predicted molar refractivity (Wildman–Crippen MR) is 108 cm³/mol. The normalized spacial score (nSPS) is 14.0. The Hall–Kier alpha value is -3.32. The number of nitriles is 2. The van der Waals surface area contributed by atoms with E-state index < -0.39 is 0 Å². The van der Waals surface area contributed by atoms with Crippen molar-refractivity contribution in [1.29, 1.82) is 10.5 Å². The summed E-state index contributed by atoms with van der Waals surface area (Å²) in [5, 5.41) is 21.5.